The highest BCUT2D eigenvalue weighted by atomic mass is 35.5. The molecule has 2 aromatic rings. The molecule has 0 bridgehead atoms. The molecule has 2 aliphatic rings. The van der Waals surface area contributed by atoms with Gasteiger partial charge >= 0.3 is 0 Å². The Hall–Kier alpha value is -1.85. The van der Waals surface area contributed by atoms with Crippen LogP contribution in [0.2, 0.25) is 5.15 Å². The molecule has 4 rings (SSSR count). The molecule has 0 radical (unpaired) electrons. The first-order valence-corrected chi connectivity index (χ1v) is 9.29. The summed E-state index contributed by atoms with van der Waals surface area (Å²) < 4.78 is 0. The molecule has 2 aromatic heterocycles. The Labute approximate surface area is 153 Å². The van der Waals surface area contributed by atoms with Crippen molar-refractivity contribution in [3.63, 3.8) is 0 Å². The van der Waals surface area contributed by atoms with Crippen LogP contribution in [0.3, 0.4) is 0 Å². The molecule has 0 atom stereocenters. The predicted molar refractivity (Wildman–Crippen MR) is 99.1 cm³/mol. The van der Waals surface area contributed by atoms with Gasteiger partial charge < -0.3 is 0 Å². The van der Waals surface area contributed by atoms with Crippen LogP contribution in [-0.4, -0.2) is 38.7 Å². The Balaban J connectivity index is 1.49. The third-order valence-electron chi connectivity index (χ3n) is 4.98. The zero-order chi connectivity index (χ0) is 17.2. The van der Waals surface area contributed by atoms with Crippen molar-refractivity contribution in [2.45, 2.75) is 45.7 Å². The Morgan fingerprint density at radius 3 is 2.88 bits per heavy atom. The molecule has 0 aromatic carbocycles. The van der Waals surface area contributed by atoms with Gasteiger partial charge in [0.2, 0.25) is 0 Å². The number of hydrogen-bond acceptors (Lipinski definition) is 5. The van der Waals surface area contributed by atoms with E-state index in [1.165, 1.54) is 35.2 Å². The van der Waals surface area contributed by atoms with E-state index in [4.69, 9.17) is 16.6 Å². The Morgan fingerprint density at radius 2 is 2.08 bits per heavy atom. The van der Waals surface area contributed by atoms with Crippen LogP contribution >= 0.6 is 11.6 Å². The van der Waals surface area contributed by atoms with Gasteiger partial charge in [0.05, 0.1) is 11.4 Å². The number of hydrogen-bond donors (Lipinski definition) is 0. The Kier molecular flexibility index (Phi) is 4.77. The van der Waals surface area contributed by atoms with Crippen LogP contribution in [0.15, 0.2) is 23.5 Å². The number of fused-ring (bicyclic) bond motifs is 1. The average Bonchev–Trinajstić information content (AvgIpc) is 2.64. The molecular weight excluding hydrogens is 334 g/mol. The van der Waals surface area contributed by atoms with Gasteiger partial charge in [-0.2, -0.15) is 0 Å². The summed E-state index contributed by atoms with van der Waals surface area (Å²) in [7, 11) is 0. The second kappa shape index (κ2) is 7.18. The summed E-state index contributed by atoms with van der Waals surface area (Å²) in [6.45, 7) is 5.76. The van der Waals surface area contributed by atoms with Crippen LogP contribution in [0.25, 0.3) is 0 Å². The molecule has 0 fully saturated rings. The molecule has 0 N–H and O–H groups in total. The topological polar surface area (TPSA) is 54.3 Å². The maximum atomic E-state index is 5.95. The quantitative estimate of drug-likeness (QED) is 0.792. The summed E-state index contributed by atoms with van der Waals surface area (Å²) in [5.41, 5.74) is 5.90. The molecule has 0 saturated heterocycles. The third kappa shape index (κ3) is 3.72. The first kappa shape index (κ1) is 16.6. The summed E-state index contributed by atoms with van der Waals surface area (Å²) in [6.07, 6.45) is 8.22. The molecule has 4 heterocycles. The largest absolute Gasteiger partial charge is 0.294 e. The van der Waals surface area contributed by atoms with Crippen molar-refractivity contribution < 1.29 is 0 Å². The zero-order valence-electron chi connectivity index (χ0n) is 14.5. The fourth-order valence-corrected chi connectivity index (χ4v) is 3.70. The van der Waals surface area contributed by atoms with Crippen molar-refractivity contribution >= 4 is 17.3 Å². The number of rotatable bonds is 3. The number of aliphatic imine (C=N–C) groups is 1. The lowest BCUT2D eigenvalue weighted by atomic mass is 10.0. The van der Waals surface area contributed by atoms with E-state index in [-0.39, 0.29) is 0 Å². The van der Waals surface area contributed by atoms with Crippen molar-refractivity contribution in [3.8, 4) is 0 Å². The minimum Gasteiger partial charge on any atom is -0.294 e. The summed E-state index contributed by atoms with van der Waals surface area (Å²) in [4.78, 5) is 20.6. The number of aryl methyl sites for hydroxylation is 1. The van der Waals surface area contributed by atoms with E-state index >= 15 is 0 Å². The fraction of sp³-hybridized carbons (Fsp3) is 0.474. The number of aromatic nitrogens is 3. The second-order valence-electron chi connectivity index (χ2n) is 6.85. The molecule has 0 aliphatic carbocycles. The average molecular weight is 356 g/mol. The molecule has 0 saturated carbocycles. The highest BCUT2D eigenvalue weighted by Gasteiger charge is 2.20. The van der Waals surface area contributed by atoms with Gasteiger partial charge in [0, 0.05) is 50.6 Å². The number of pyridine rings is 1. The van der Waals surface area contributed by atoms with Crippen LogP contribution in [0.4, 0.5) is 0 Å². The van der Waals surface area contributed by atoms with Crippen LogP contribution in [-0.2, 0) is 19.5 Å². The lowest BCUT2D eigenvalue weighted by Gasteiger charge is -2.28. The van der Waals surface area contributed by atoms with Gasteiger partial charge in [0.15, 0.2) is 5.82 Å². The van der Waals surface area contributed by atoms with Gasteiger partial charge in [-0.05, 0) is 43.4 Å². The molecule has 2 aliphatic heterocycles. The molecule has 0 amide bonds. The van der Waals surface area contributed by atoms with Gasteiger partial charge in [-0.1, -0.05) is 11.6 Å². The maximum Gasteiger partial charge on any atom is 0.173 e. The van der Waals surface area contributed by atoms with Crippen molar-refractivity contribution in [1.29, 1.82) is 0 Å². The molecule has 130 valence electrons. The van der Waals surface area contributed by atoms with Crippen LogP contribution in [0.1, 0.15) is 47.5 Å². The van der Waals surface area contributed by atoms with E-state index in [0.29, 0.717) is 5.15 Å². The lowest BCUT2D eigenvalue weighted by molar-refractivity contribution is 0.242. The highest BCUT2D eigenvalue weighted by molar-refractivity contribution is 6.29. The molecule has 6 heteroatoms. The zero-order valence-corrected chi connectivity index (χ0v) is 15.3. The van der Waals surface area contributed by atoms with Gasteiger partial charge in [-0.25, -0.2) is 15.0 Å². The highest BCUT2D eigenvalue weighted by Crippen LogP contribution is 2.21. The van der Waals surface area contributed by atoms with Crippen molar-refractivity contribution in [3.05, 3.63) is 51.8 Å². The minimum atomic E-state index is 0.553. The van der Waals surface area contributed by atoms with Gasteiger partial charge in [0.1, 0.15) is 5.15 Å². The second-order valence-corrected chi connectivity index (χ2v) is 7.23. The SMILES string of the molecule is Cc1cc(Cl)ncc1CN1CCc2nc(C3=NCCCC3)ncc2C1. The minimum absolute atomic E-state index is 0.553. The number of halogens is 1. The van der Waals surface area contributed by atoms with Crippen LogP contribution < -0.4 is 0 Å². The monoisotopic (exact) mass is 355 g/mol. The summed E-state index contributed by atoms with van der Waals surface area (Å²) in [5, 5.41) is 0.553. The molecule has 0 unspecified atom stereocenters. The first-order chi connectivity index (χ1) is 12.2. The van der Waals surface area contributed by atoms with E-state index in [2.05, 4.69) is 26.8 Å². The van der Waals surface area contributed by atoms with E-state index in [1.54, 1.807) is 0 Å². The van der Waals surface area contributed by atoms with E-state index in [9.17, 15) is 0 Å². The van der Waals surface area contributed by atoms with Crippen molar-refractivity contribution in [1.82, 2.24) is 19.9 Å². The van der Waals surface area contributed by atoms with Crippen LogP contribution in [0, 0.1) is 6.92 Å². The summed E-state index contributed by atoms with van der Waals surface area (Å²) in [5.74, 6) is 0.838. The molecule has 5 nitrogen and oxygen atoms in total. The smallest absolute Gasteiger partial charge is 0.173 e. The van der Waals surface area contributed by atoms with Gasteiger partial charge in [-0.3, -0.25) is 9.89 Å². The molecule has 0 spiro atoms. The van der Waals surface area contributed by atoms with E-state index in [0.717, 1.165) is 50.6 Å². The normalized spacial score (nSPS) is 17.9. The summed E-state index contributed by atoms with van der Waals surface area (Å²) >= 11 is 5.95. The van der Waals surface area contributed by atoms with Crippen molar-refractivity contribution in [2.75, 3.05) is 13.1 Å². The van der Waals surface area contributed by atoms with Crippen molar-refractivity contribution in [2.24, 2.45) is 4.99 Å². The predicted octanol–water partition coefficient (Wildman–Crippen LogP) is 3.36. The summed E-state index contributed by atoms with van der Waals surface area (Å²) in [6, 6.07) is 1.93. The fourth-order valence-electron chi connectivity index (χ4n) is 3.48. The third-order valence-corrected chi connectivity index (χ3v) is 5.18. The number of nitrogens with zero attached hydrogens (tertiary/aromatic N) is 5. The van der Waals surface area contributed by atoms with E-state index in [1.807, 2.05) is 18.5 Å². The lowest BCUT2D eigenvalue weighted by Crippen LogP contribution is -2.31. The van der Waals surface area contributed by atoms with Gasteiger partial charge in [0.25, 0.3) is 0 Å². The maximum absolute atomic E-state index is 5.95. The Bertz CT molecular complexity index is 817. The Morgan fingerprint density at radius 1 is 1.16 bits per heavy atom. The first-order valence-electron chi connectivity index (χ1n) is 8.91. The molecule has 25 heavy (non-hydrogen) atoms. The van der Waals surface area contributed by atoms with E-state index < -0.39 is 0 Å². The van der Waals surface area contributed by atoms with Gasteiger partial charge in [-0.15, -0.1) is 0 Å². The van der Waals surface area contributed by atoms with Crippen LogP contribution in [0.5, 0.6) is 0 Å². The molecular formula is C19H22ClN5. The standard InChI is InChI=1S/C19H22ClN5/c1-13-8-18(20)22-9-14(13)11-25-7-5-16-15(12-25)10-23-19(24-16)17-4-2-3-6-21-17/h8-10H,2-7,11-12H2,1H3.